The van der Waals surface area contributed by atoms with Crippen molar-refractivity contribution in [3.63, 3.8) is 0 Å². The Morgan fingerprint density at radius 3 is 2.56 bits per heavy atom. The number of ether oxygens (including phenoxy) is 1. The molecule has 0 heterocycles. The largest absolute Gasteiger partial charge is 0.469 e. The average molecular weight is 439 g/mol. The number of carbonyl (C=O) groups is 2. The monoisotopic (exact) mass is 438 g/mol. The second-order valence-electron chi connectivity index (χ2n) is 11.7. The van der Waals surface area contributed by atoms with E-state index in [1.165, 1.54) is 44.8 Å². The molecule has 0 aliphatic heterocycles. The van der Waals surface area contributed by atoms with Crippen molar-refractivity contribution in [2.75, 3.05) is 7.11 Å². The van der Waals surface area contributed by atoms with Crippen LogP contribution in [0.4, 0.5) is 0 Å². The lowest BCUT2D eigenvalue weighted by atomic mass is 9.47. The van der Waals surface area contributed by atoms with Gasteiger partial charge >= 0.3 is 5.97 Å². The number of carbonyl (C=O) groups excluding carboxylic acids is 2. The van der Waals surface area contributed by atoms with Crippen molar-refractivity contribution in [1.29, 1.82) is 0 Å². The Bertz CT molecular complexity index is 850. The Hall–Kier alpha value is -1.64. The first kappa shape index (κ1) is 23.5. The van der Waals surface area contributed by atoms with Gasteiger partial charge in [-0.1, -0.05) is 58.4 Å². The van der Waals surface area contributed by atoms with Gasteiger partial charge in [0, 0.05) is 5.41 Å². The van der Waals surface area contributed by atoms with Gasteiger partial charge in [0.05, 0.1) is 13.0 Å². The Balaban J connectivity index is 1.49. The van der Waals surface area contributed by atoms with Crippen molar-refractivity contribution in [3.8, 4) is 0 Å². The Morgan fingerprint density at radius 2 is 1.84 bits per heavy atom. The minimum atomic E-state index is -0.126. The van der Waals surface area contributed by atoms with Crippen LogP contribution >= 0.6 is 0 Å². The molecule has 0 aromatic rings. The molecule has 0 bridgehead atoms. The molecule has 4 rings (SSSR count). The highest BCUT2D eigenvalue weighted by Crippen LogP contribution is 2.67. The number of esters is 1. The van der Waals surface area contributed by atoms with Crippen molar-refractivity contribution in [2.24, 2.45) is 52.3 Å². The molecule has 0 spiro atoms. The molecule has 32 heavy (non-hydrogen) atoms. The van der Waals surface area contributed by atoms with E-state index in [0.717, 1.165) is 18.3 Å². The molecule has 3 fully saturated rings. The second kappa shape index (κ2) is 8.61. The summed E-state index contributed by atoms with van der Waals surface area (Å²) < 4.78 is 4.93. The lowest BCUT2D eigenvalue weighted by Crippen LogP contribution is -2.50. The lowest BCUT2D eigenvalue weighted by molar-refractivity contribution is -0.145. The summed E-state index contributed by atoms with van der Waals surface area (Å²) in [6.45, 7) is 11.4. The van der Waals surface area contributed by atoms with Gasteiger partial charge in [0.25, 0.3) is 0 Å². The standard InChI is InChI=1S/C29H42O3/c1-18(20(3)27(31)32-6)7-8-19(2)24-11-12-25-23-10-9-21-17-22(30)13-15-28(21,4)26(23)14-16-29(24,25)5/h7-8,13,15,17-20,23-26H,9-12,14,16H2,1-6H3/t18-,19+,20?,23-,24+,25-,26-,28-,29+/m0/s1. The van der Waals surface area contributed by atoms with Crippen molar-refractivity contribution >= 4 is 11.8 Å². The molecule has 4 aliphatic rings. The topological polar surface area (TPSA) is 43.4 Å². The zero-order chi connectivity index (χ0) is 23.3. The van der Waals surface area contributed by atoms with Crippen LogP contribution in [-0.2, 0) is 14.3 Å². The van der Waals surface area contributed by atoms with Gasteiger partial charge in [-0.25, -0.2) is 0 Å². The maximum Gasteiger partial charge on any atom is 0.308 e. The highest BCUT2D eigenvalue weighted by Gasteiger charge is 2.58. The number of methoxy groups -OCH3 is 1. The van der Waals surface area contributed by atoms with Gasteiger partial charge in [-0.05, 0) is 91.6 Å². The molecule has 0 amide bonds. The van der Waals surface area contributed by atoms with Gasteiger partial charge in [-0.2, -0.15) is 0 Å². The van der Waals surface area contributed by atoms with Crippen LogP contribution in [0.1, 0.15) is 73.1 Å². The van der Waals surface area contributed by atoms with E-state index in [9.17, 15) is 9.59 Å². The van der Waals surface area contributed by atoms with Crippen LogP contribution in [0, 0.1) is 52.3 Å². The molecule has 4 aliphatic carbocycles. The third-order valence-corrected chi connectivity index (χ3v) is 10.3. The summed E-state index contributed by atoms with van der Waals surface area (Å²) in [6, 6.07) is 0. The smallest absolute Gasteiger partial charge is 0.308 e. The minimum Gasteiger partial charge on any atom is -0.469 e. The summed E-state index contributed by atoms with van der Waals surface area (Å²) in [5.74, 6) is 3.60. The Labute approximate surface area is 194 Å². The third-order valence-electron chi connectivity index (χ3n) is 10.3. The van der Waals surface area contributed by atoms with Crippen LogP contribution in [0.3, 0.4) is 0 Å². The normalized spacial score (nSPS) is 41.3. The van der Waals surface area contributed by atoms with E-state index in [1.54, 1.807) is 0 Å². The number of fused-ring (bicyclic) bond motifs is 5. The SMILES string of the molecule is COC(=O)C(C)[C@@H](C)C=C[C@@H](C)[C@H]1CC[C@H]2[C@@H]3CCC4=CC(=O)C=C[C@]4(C)[C@H]3CC[C@]12C. The van der Waals surface area contributed by atoms with E-state index >= 15 is 0 Å². The molecule has 176 valence electrons. The second-order valence-corrected chi connectivity index (χ2v) is 11.7. The van der Waals surface area contributed by atoms with Crippen molar-refractivity contribution in [3.05, 3.63) is 36.0 Å². The maximum absolute atomic E-state index is 12.0. The predicted octanol–water partition coefficient (Wildman–Crippen LogP) is 6.55. The van der Waals surface area contributed by atoms with Crippen LogP contribution < -0.4 is 0 Å². The minimum absolute atomic E-state index is 0.0845. The molecule has 0 saturated heterocycles. The fraction of sp³-hybridized carbons (Fsp3) is 0.724. The maximum atomic E-state index is 12.0. The molecule has 1 unspecified atom stereocenters. The summed E-state index contributed by atoms with van der Waals surface area (Å²) in [4.78, 5) is 23.9. The number of hydrogen-bond donors (Lipinski definition) is 0. The van der Waals surface area contributed by atoms with Crippen LogP contribution in [0.5, 0.6) is 0 Å². The van der Waals surface area contributed by atoms with Gasteiger partial charge in [-0.3, -0.25) is 9.59 Å². The van der Waals surface area contributed by atoms with Crippen molar-refractivity contribution in [2.45, 2.75) is 73.1 Å². The summed E-state index contributed by atoms with van der Waals surface area (Å²) in [5.41, 5.74) is 1.86. The molecule has 3 saturated carbocycles. The van der Waals surface area contributed by atoms with Crippen LogP contribution in [0.25, 0.3) is 0 Å². The quantitative estimate of drug-likeness (QED) is 0.361. The fourth-order valence-electron chi connectivity index (χ4n) is 8.15. The van der Waals surface area contributed by atoms with E-state index in [4.69, 9.17) is 4.74 Å². The summed E-state index contributed by atoms with van der Waals surface area (Å²) in [7, 11) is 1.47. The van der Waals surface area contributed by atoms with Gasteiger partial charge in [0.1, 0.15) is 0 Å². The van der Waals surface area contributed by atoms with E-state index in [1.807, 2.05) is 19.1 Å². The van der Waals surface area contributed by atoms with E-state index in [0.29, 0.717) is 23.2 Å². The average Bonchev–Trinajstić information content (AvgIpc) is 3.13. The molecule has 0 aromatic carbocycles. The van der Waals surface area contributed by atoms with E-state index < -0.39 is 0 Å². The first-order valence-electron chi connectivity index (χ1n) is 12.8. The van der Waals surface area contributed by atoms with Crippen LogP contribution in [0.15, 0.2) is 36.0 Å². The first-order valence-corrected chi connectivity index (χ1v) is 12.8. The van der Waals surface area contributed by atoms with Gasteiger partial charge in [-0.15, -0.1) is 0 Å². The van der Waals surface area contributed by atoms with Crippen molar-refractivity contribution < 1.29 is 14.3 Å². The molecule has 3 nitrogen and oxygen atoms in total. The summed E-state index contributed by atoms with van der Waals surface area (Å²) in [5, 5.41) is 0. The molecule has 0 radical (unpaired) electrons. The van der Waals surface area contributed by atoms with Gasteiger partial charge in [0.2, 0.25) is 0 Å². The molecule has 0 N–H and O–H groups in total. The van der Waals surface area contributed by atoms with Crippen molar-refractivity contribution in [1.82, 2.24) is 0 Å². The Kier molecular flexibility index (Phi) is 6.33. The van der Waals surface area contributed by atoms with Gasteiger partial charge < -0.3 is 4.74 Å². The summed E-state index contributed by atoms with van der Waals surface area (Å²) >= 11 is 0. The van der Waals surface area contributed by atoms with Gasteiger partial charge in [0.15, 0.2) is 5.78 Å². The highest BCUT2D eigenvalue weighted by atomic mass is 16.5. The number of allylic oxidation sites excluding steroid dienone is 6. The molecular formula is C29H42O3. The first-order chi connectivity index (χ1) is 15.1. The Morgan fingerprint density at radius 1 is 1.09 bits per heavy atom. The van der Waals surface area contributed by atoms with E-state index in [2.05, 4.69) is 45.9 Å². The van der Waals surface area contributed by atoms with Crippen LogP contribution in [-0.4, -0.2) is 18.9 Å². The predicted molar refractivity (Wildman–Crippen MR) is 129 cm³/mol. The molecule has 9 atom stereocenters. The number of ketones is 1. The molecule has 3 heteroatoms. The number of rotatable bonds is 5. The number of hydrogen-bond acceptors (Lipinski definition) is 3. The summed E-state index contributed by atoms with van der Waals surface area (Å²) in [6.07, 6.45) is 18.2. The van der Waals surface area contributed by atoms with E-state index in [-0.39, 0.29) is 29.0 Å². The lowest BCUT2D eigenvalue weighted by Gasteiger charge is -2.57. The van der Waals surface area contributed by atoms with Crippen LogP contribution in [0.2, 0.25) is 0 Å². The molecule has 0 aromatic heterocycles. The zero-order valence-corrected chi connectivity index (χ0v) is 20.9. The molecular weight excluding hydrogens is 396 g/mol. The highest BCUT2D eigenvalue weighted by molar-refractivity contribution is 6.01. The zero-order valence-electron chi connectivity index (χ0n) is 20.9. The third kappa shape index (κ3) is 3.74. The fourth-order valence-corrected chi connectivity index (χ4v) is 8.15.